The number of amides is 2. The van der Waals surface area contributed by atoms with E-state index in [1.165, 1.54) is 4.90 Å². The first-order valence-corrected chi connectivity index (χ1v) is 10.2. The van der Waals surface area contributed by atoms with Gasteiger partial charge in [0.1, 0.15) is 18.2 Å². The average Bonchev–Trinajstić information content (AvgIpc) is 2.72. The van der Waals surface area contributed by atoms with Crippen LogP contribution in [-0.4, -0.2) is 35.3 Å². The van der Waals surface area contributed by atoms with Crippen LogP contribution >= 0.6 is 15.9 Å². The van der Waals surface area contributed by atoms with Gasteiger partial charge in [-0.2, -0.15) is 0 Å². The third-order valence-corrected chi connectivity index (χ3v) is 5.14. The molecule has 0 atom stereocenters. The second kappa shape index (κ2) is 10.0. The molecule has 0 saturated carbocycles. The summed E-state index contributed by atoms with van der Waals surface area (Å²) in [5, 5.41) is 2.71. The number of nitrogens with one attached hydrogen (secondary N) is 1. The summed E-state index contributed by atoms with van der Waals surface area (Å²) in [6.45, 7) is 2.12. The van der Waals surface area contributed by atoms with Crippen LogP contribution in [0.25, 0.3) is 0 Å². The molecule has 6 nitrogen and oxygen atoms in total. The third kappa shape index (κ3) is 5.67. The Morgan fingerprint density at radius 1 is 1.10 bits per heavy atom. The van der Waals surface area contributed by atoms with E-state index in [9.17, 15) is 9.59 Å². The molecule has 1 aromatic heterocycles. The van der Waals surface area contributed by atoms with Crippen molar-refractivity contribution < 1.29 is 14.3 Å². The first kappa shape index (κ1) is 21.5. The summed E-state index contributed by atoms with van der Waals surface area (Å²) < 4.78 is 6.84. The lowest BCUT2D eigenvalue weighted by Crippen LogP contribution is -2.35. The van der Waals surface area contributed by atoms with Crippen LogP contribution in [0.2, 0.25) is 0 Å². The van der Waals surface area contributed by atoms with Crippen LogP contribution in [0.3, 0.4) is 0 Å². The molecule has 0 unspecified atom stereocenters. The molecule has 3 rings (SSSR count). The van der Waals surface area contributed by atoms with Gasteiger partial charge in [-0.25, -0.2) is 4.98 Å². The van der Waals surface area contributed by atoms with E-state index < -0.39 is 0 Å². The number of para-hydroxylation sites is 1. The molecule has 1 heterocycles. The summed E-state index contributed by atoms with van der Waals surface area (Å²) in [4.78, 5) is 30.7. The summed E-state index contributed by atoms with van der Waals surface area (Å²) >= 11 is 3.49. The molecule has 0 bridgehead atoms. The summed E-state index contributed by atoms with van der Waals surface area (Å²) in [7, 11) is 1.58. The van der Waals surface area contributed by atoms with Crippen molar-refractivity contribution in [1.29, 1.82) is 0 Å². The normalized spacial score (nSPS) is 10.4. The molecule has 0 saturated heterocycles. The summed E-state index contributed by atoms with van der Waals surface area (Å²) in [6.07, 6.45) is 1.62. The Bertz CT molecular complexity index is 1060. The largest absolute Gasteiger partial charge is 0.488 e. The Kier molecular flexibility index (Phi) is 7.19. The number of hydrogen-bond acceptors (Lipinski definition) is 4. The topological polar surface area (TPSA) is 71.5 Å². The Balaban J connectivity index is 1.65. The Morgan fingerprint density at radius 2 is 1.83 bits per heavy atom. The monoisotopic (exact) mass is 467 g/mol. The maximum absolute atomic E-state index is 12.9. The number of halogens is 1. The van der Waals surface area contributed by atoms with Gasteiger partial charge in [0.15, 0.2) is 0 Å². The number of rotatable bonds is 7. The van der Waals surface area contributed by atoms with E-state index in [0.29, 0.717) is 23.7 Å². The Hall–Kier alpha value is -3.19. The zero-order valence-corrected chi connectivity index (χ0v) is 18.3. The molecule has 0 aliphatic heterocycles. The van der Waals surface area contributed by atoms with Crippen LogP contribution in [-0.2, 0) is 11.4 Å². The van der Waals surface area contributed by atoms with Gasteiger partial charge in [-0.05, 0) is 42.8 Å². The second-order valence-corrected chi connectivity index (χ2v) is 7.66. The number of carbonyl (C=O) groups is 2. The Labute approximate surface area is 184 Å². The minimum absolute atomic E-state index is 0.104. The highest BCUT2D eigenvalue weighted by molar-refractivity contribution is 9.10. The van der Waals surface area contributed by atoms with Gasteiger partial charge in [-0.15, -0.1) is 0 Å². The van der Waals surface area contributed by atoms with Gasteiger partial charge < -0.3 is 15.0 Å². The fraction of sp³-hybridized carbons (Fsp3) is 0.174. The molecule has 2 amide bonds. The number of likely N-dealkylation sites (N-methyl/N-ethyl adjacent to an activating group) is 1. The molecule has 1 N–H and O–H groups in total. The number of benzene rings is 2. The second-order valence-electron chi connectivity index (χ2n) is 6.80. The maximum Gasteiger partial charge on any atom is 0.257 e. The molecule has 3 aromatic rings. The van der Waals surface area contributed by atoms with E-state index in [0.717, 1.165) is 15.6 Å². The van der Waals surface area contributed by atoms with Crippen molar-refractivity contribution >= 4 is 33.6 Å². The van der Waals surface area contributed by atoms with Gasteiger partial charge in [0.2, 0.25) is 5.91 Å². The number of anilines is 1. The van der Waals surface area contributed by atoms with Gasteiger partial charge in [0, 0.05) is 23.3 Å². The number of aromatic nitrogens is 1. The van der Waals surface area contributed by atoms with Gasteiger partial charge in [-0.3, -0.25) is 9.59 Å². The van der Waals surface area contributed by atoms with Crippen LogP contribution in [0.5, 0.6) is 5.75 Å². The van der Waals surface area contributed by atoms with Gasteiger partial charge >= 0.3 is 0 Å². The van der Waals surface area contributed by atoms with Crippen molar-refractivity contribution in [2.75, 3.05) is 18.9 Å². The van der Waals surface area contributed by atoms with Crippen molar-refractivity contribution in [3.05, 3.63) is 88.0 Å². The molecule has 0 aliphatic rings. The molecular formula is C23H22BrN3O3. The predicted octanol–water partition coefficient (Wildman–Crippen LogP) is 4.44. The van der Waals surface area contributed by atoms with Crippen molar-refractivity contribution in [2.45, 2.75) is 13.5 Å². The fourth-order valence-electron chi connectivity index (χ4n) is 2.82. The highest BCUT2D eigenvalue weighted by atomic mass is 79.9. The Morgan fingerprint density at radius 3 is 2.60 bits per heavy atom. The minimum atomic E-state index is -0.324. The van der Waals surface area contributed by atoms with Crippen LogP contribution in [0.15, 0.2) is 71.3 Å². The molecule has 2 aromatic carbocycles. The predicted molar refractivity (Wildman–Crippen MR) is 119 cm³/mol. The number of ether oxygens (including phenoxy) is 1. The lowest BCUT2D eigenvalue weighted by molar-refractivity contribution is -0.116. The van der Waals surface area contributed by atoms with E-state index in [4.69, 9.17) is 4.74 Å². The quantitative estimate of drug-likeness (QED) is 0.557. The third-order valence-electron chi connectivity index (χ3n) is 4.37. The standard InChI is InChI=1S/C23H22BrN3O3/c1-16-11-12-25-21(13-16)26-22(28)14-27(2)23(29)18-8-4-6-10-20(18)30-15-17-7-3-5-9-19(17)24/h3-13H,14-15H2,1-2H3,(H,25,26,28). The maximum atomic E-state index is 12.9. The summed E-state index contributed by atoms with van der Waals surface area (Å²) in [5.74, 6) is 0.296. The van der Waals surface area contributed by atoms with Crippen LogP contribution in [0.4, 0.5) is 5.82 Å². The number of nitrogens with zero attached hydrogens (tertiary/aromatic N) is 2. The highest BCUT2D eigenvalue weighted by Gasteiger charge is 2.19. The van der Waals surface area contributed by atoms with Crippen LogP contribution in [0.1, 0.15) is 21.5 Å². The molecular weight excluding hydrogens is 446 g/mol. The first-order valence-electron chi connectivity index (χ1n) is 9.37. The van der Waals surface area contributed by atoms with E-state index in [-0.39, 0.29) is 18.4 Å². The van der Waals surface area contributed by atoms with Crippen molar-refractivity contribution in [2.24, 2.45) is 0 Å². The summed E-state index contributed by atoms with van der Waals surface area (Å²) in [6, 6.07) is 18.4. The van der Waals surface area contributed by atoms with Crippen LogP contribution in [0, 0.1) is 6.92 Å². The molecule has 154 valence electrons. The van der Waals surface area contributed by atoms with Crippen molar-refractivity contribution in [3.63, 3.8) is 0 Å². The fourth-order valence-corrected chi connectivity index (χ4v) is 3.22. The number of pyridine rings is 1. The van der Waals surface area contributed by atoms with Gasteiger partial charge in [0.25, 0.3) is 5.91 Å². The lowest BCUT2D eigenvalue weighted by atomic mass is 10.1. The minimum Gasteiger partial charge on any atom is -0.488 e. The molecule has 0 fully saturated rings. The molecule has 0 spiro atoms. The summed E-state index contributed by atoms with van der Waals surface area (Å²) in [5.41, 5.74) is 2.35. The highest BCUT2D eigenvalue weighted by Crippen LogP contribution is 2.23. The van der Waals surface area contributed by atoms with E-state index in [1.807, 2.05) is 43.3 Å². The van der Waals surface area contributed by atoms with Crippen molar-refractivity contribution in [1.82, 2.24) is 9.88 Å². The van der Waals surface area contributed by atoms with Gasteiger partial charge in [-0.1, -0.05) is 46.3 Å². The van der Waals surface area contributed by atoms with Gasteiger partial charge in [0.05, 0.1) is 12.1 Å². The zero-order chi connectivity index (χ0) is 21.5. The smallest absolute Gasteiger partial charge is 0.257 e. The number of carbonyl (C=O) groups excluding carboxylic acids is 2. The lowest BCUT2D eigenvalue weighted by Gasteiger charge is -2.19. The van der Waals surface area contributed by atoms with Crippen LogP contribution < -0.4 is 10.1 Å². The number of aryl methyl sites for hydroxylation is 1. The van der Waals surface area contributed by atoms with E-state index in [1.54, 1.807) is 37.5 Å². The molecule has 0 radical (unpaired) electrons. The van der Waals surface area contributed by atoms with Crippen molar-refractivity contribution in [3.8, 4) is 5.75 Å². The first-order chi connectivity index (χ1) is 14.4. The molecule has 30 heavy (non-hydrogen) atoms. The SMILES string of the molecule is Cc1ccnc(NC(=O)CN(C)C(=O)c2ccccc2OCc2ccccc2Br)c1. The number of hydrogen-bond donors (Lipinski definition) is 1. The van der Waals surface area contributed by atoms with E-state index >= 15 is 0 Å². The molecule has 7 heteroatoms. The molecule has 0 aliphatic carbocycles. The van der Waals surface area contributed by atoms with E-state index in [2.05, 4.69) is 26.2 Å². The zero-order valence-electron chi connectivity index (χ0n) is 16.8. The average molecular weight is 468 g/mol.